The standard InChI is InChI=1S/C20H22ClN5O2S/c1-4-26(5-2)16-9-6-14(7-10-16)19-24-25-20(28-19)29-13(3)18(27)23-17-11-8-15(21)12-22-17/h6-13H,4-5H2,1-3H3,(H,22,23,27)/t13-/m0/s1. The van der Waals surface area contributed by atoms with Crippen molar-refractivity contribution in [3.63, 3.8) is 0 Å². The molecule has 3 rings (SSSR count). The van der Waals surface area contributed by atoms with Crippen LogP contribution in [0.2, 0.25) is 5.02 Å². The molecule has 1 atom stereocenters. The molecule has 0 aliphatic carbocycles. The van der Waals surface area contributed by atoms with E-state index in [2.05, 4.69) is 39.2 Å². The highest BCUT2D eigenvalue weighted by Crippen LogP contribution is 2.28. The molecule has 0 unspecified atom stereocenters. The van der Waals surface area contributed by atoms with Gasteiger partial charge in [0.1, 0.15) is 5.82 Å². The number of thioether (sulfide) groups is 1. The van der Waals surface area contributed by atoms with Crippen LogP contribution in [0.15, 0.2) is 52.2 Å². The average molecular weight is 432 g/mol. The Kier molecular flexibility index (Phi) is 7.11. The van der Waals surface area contributed by atoms with Crippen LogP contribution in [0.3, 0.4) is 0 Å². The van der Waals surface area contributed by atoms with Gasteiger partial charge in [0.2, 0.25) is 11.8 Å². The van der Waals surface area contributed by atoms with E-state index in [9.17, 15) is 4.79 Å². The van der Waals surface area contributed by atoms with Crippen LogP contribution in [0.25, 0.3) is 11.5 Å². The molecule has 1 aromatic carbocycles. The Morgan fingerprint density at radius 3 is 2.52 bits per heavy atom. The zero-order valence-corrected chi connectivity index (χ0v) is 18.0. The number of rotatable bonds is 8. The predicted molar refractivity (Wildman–Crippen MR) is 116 cm³/mol. The molecule has 0 aliphatic heterocycles. The summed E-state index contributed by atoms with van der Waals surface area (Å²) in [5.41, 5.74) is 1.98. The van der Waals surface area contributed by atoms with Crippen molar-refractivity contribution in [3.8, 4) is 11.5 Å². The largest absolute Gasteiger partial charge is 0.411 e. The molecule has 7 nitrogen and oxygen atoms in total. The lowest BCUT2D eigenvalue weighted by atomic mass is 10.2. The second-order valence-corrected chi connectivity index (χ2v) is 7.93. The maximum Gasteiger partial charge on any atom is 0.277 e. The summed E-state index contributed by atoms with van der Waals surface area (Å²) < 4.78 is 5.72. The van der Waals surface area contributed by atoms with Crippen molar-refractivity contribution < 1.29 is 9.21 Å². The van der Waals surface area contributed by atoms with Gasteiger partial charge in [0.15, 0.2) is 0 Å². The van der Waals surface area contributed by atoms with Crippen LogP contribution in [0.1, 0.15) is 20.8 Å². The van der Waals surface area contributed by atoms with Gasteiger partial charge in [-0.15, -0.1) is 10.2 Å². The molecular formula is C20H22ClN5O2S. The lowest BCUT2D eigenvalue weighted by molar-refractivity contribution is -0.115. The van der Waals surface area contributed by atoms with E-state index in [0.717, 1.165) is 24.3 Å². The van der Waals surface area contributed by atoms with Crippen molar-refractivity contribution in [1.29, 1.82) is 0 Å². The van der Waals surface area contributed by atoms with E-state index in [-0.39, 0.29) is 5.91 Å². The summed E-state index contributed by atoms with van der Waals surface area (Å²) in [7, 11) is 0. The van der Waals surface area contributed by atoms with E-state index >= 15 is 0 Å². The van der Waals surface area contributed by atoms with Gasteiger partial charge in [0.05, 0.1) is 10.3 Å². The summed E-state index contributed by atoms with van der Waals surface area (Å²) in [4.78, 5) is 18.7. The molecule has 2 aromatic heterocycles. The average Bonchev–Trinajstić information content (AvgIpc) is 3.19. The van der Waals surface area contributed by atoms with Crippen LogP contribution < -0.4 is 10.2 Å². The molecule has 0 spiro atoms. The highest BCUT2D eigenvalue weighted by Gasteiger charge is 2.19. The number of carbonyl (C=O) groups is 1. The maximum absolute atomic E-state index is 12.3. The third-order valence-electron chi connectivity index (χ3n) is 4.27. The number of nitrogens with one attached hydrogen (secondary N) is 1. The van der Waals surface area contributed by atoms with Gasteiger partial charge in [-0.1, -0.05) is 23.4 Å². The minimum Gasteiger partial charge on any atom is -0.411 e. The Hall–Kier alpha value is -2.58. The zero-order valence-electron chi connectivity index (χ0n) is 16.4. The Labute approximate surface area is 178 Å². The first-order valence-electron chi connectivity index (χ1n) is 9.28. The molecule has 9 heteroatoms. The van der Waals surface area contributed by atoms with Crippen molar-refractivity contribution in [3.05, 3.63) is 47.6 Å². The number of hydrogen-bond acceptors (Lipinski definition) is 7. The minimum atomic E-state index is -0.439. The van der Waals surface area contributed by atoms with E-state index in [4.69, 9.17) is 16.0 Å². The first-order chi connectivity index (χ1) is 14.0. The highest BCUT2D eigenvalue weighted by atomic mass is 35.5. The van der Waals surface area contributed by atoms with Crippen LogP contribution in [-0.4, -0.2) is 39.4 Å². The fourth-order valence-corrected chi connectivity index (χ4v) is 3.46. The third kappa shape index (κ3) is 5.48. The molecule has 0 aliphatic rings. The lowest BCUT2D eigenvalue weighted by Gasteiger charge is -2.20. The first-order valence-corrected chi connectivity index (χ1v) is 10.5. The number of aromatic nitrogens is 3. The van der Waals surface area contributed by atoms with Gasteiger partial charge in [-0.25, -0.2) is 4.98 Å². The predicted octanol–water partition coefficient (Wildman–Crippen LogP) is 4.75. The number of halogens is 1. The Morgan fingerprint density at radius 2 is 1.90 bits per heavy atom. The number of carbonyl (C=O) groups excluding carboxylic acids is 1. The molecule has 0 radical (unpaired) electrons. The molecule has 0 fully saturated rings. The molecule has 152 valence electrons. The minimum absolute atomic E-state index is 0.215. The smallest absolute Gasteiger partial charge is 0.277 e. The number of benzene rings is 1. The van der Waals surface area contributed by atoms with E-state index in [1.807, 2.05) is 24.3 Å². The number of nitrogens with zero attached hydrogens (tertiary/aromatic N) is 4. The molecular weight excluding hydrogens is 410 g/mol. The van der Waals surface area contributed by atoms with Crippen molar-refractivity contribution >= 4 is 40.8 Å². The second kappa shape index (κ2) is 9.76. The quantitative estimate of drug-likeness (QED) is 0.515. The normalized spacial score (nSPS) is 11.9. The van der Waals surface area contributed by atoms with E-state index in [0.29, 0.717) is 22.0 Å². The van der Waals surface area contributed by atoms with Crippen molar-refractivity contribution in [2.45, 2.75) is 31.2 Å². The number of pyridine rings is 1. The molecule has 2 heterocycles. The lowest BCUT2D eigenvalue weighted by Crippen LogP contribution is -2.22. The van der Waals surface area contributed by atoms with Gasteiger partial charge in [-0.05, 0) is 57.2 Å². The van der Waals surface area contributed by atoms with Gasteiger partial charge in [0, 0.05) is 30.5 Å². The van der Waals surface area contributed by atoms with Gasteiger partial charge in [-0.3, -0.25) is 4.79 Å². The third-order valence-corrected chi connectivity index (χ3v) is 5.43. The SMILES string of the molecule is CCN(CC)c1ccc(-c2nnc(S[C@@H](C)C(=O)Nc3ccc(Cl)cn3)o2)cc1. The Morgan fingerprint density at radius 1 is 1.17 bits per heavy atom. The van der Waals surface area contributed by atoms with Crippen molar-refractivity contribution in [2.24, 2.45) is 0 Å². The van der Waals surface area contributed by atoms with Gasteiger partial charge < -0.3 is 14.6 Å². The van der Waals surface area contributed by atoms with E-state index in [1.165, 1.54) is 18.0 Å². The van der Waals surface area contributed by atoms with Gasteiger partial charge in [0.25, 0.3) is 5.22 Å². The van der Waals surface area contributed by atoms with Crippen LogP contribution in [0.5, 0.6) is 0 Å². The maximum atomic E-state index is 12.3. The van der Waals surface area contributed by atoms with E-state index in [1.54, 1.807) is 19.1 Å². The summed E-state index contributed by atoms with van der Waals surface area (Å²) >= 11 is 6.99. The summed E-state index contributed by atoms with van der Waals surface area (Å²) in [6.07, 6.45) is 1.48. The van der Waals surface area contributed by atoms with E-state index < -0.39 is 5.25 Å². The number of anilines is 2. The monoisotopic (exact) mass is 431 g/mol. The van der Waals surface area contributed by atoms with Gasteiger partial charge in [-0.2, -0.15) is 0 Å². The Balaban J connectivity index is 1.62. The fraction of sp³-hybridized carbons (Fsp3) is 0.300. The first kappa shape index (κ1) is 21.1. The second-order valence-electron chi connectivity index (χ2n) is 6.20. The topological polar surface area (TPSA) is 84.2 Å². The van der Waals surface area contributed by atoms with Crippen LogP contribution in [0.4, 0.5) is 11.5 Å². The molecule has 3 aromatic rings. The molecule has 1 N–H and O–H groups in total. The molecule has 0 bridgehead atoms. The summed E-state index contributed by atoms with van der Waals surface area (Å²) in [5.74, 6) is 0.644. The van der Waals surface area contributed by atoms with Crippen LogP contribution >= 0.6 is 23.4 Å². The van der Waals surface area contributed by atoms with Crippen LogP contribution in [-0.2, 0) is 4.79 Å². The molecule has 1 amide bonds. The molecule has 29 heavy (non-hydrogen) atoms. The molecule has 0 saturated carbocycles. The summed E-state index contributed by atoms with van der Waals surface area (Å²) in [6, 6.07) is 11.3. The van der Waals surface area contributed by atoms with Crippen molar-refractivity contribution in [2.75, 3.05) is 23.3 Å². The zero-order chi connectivity index (χ0) is 20.8. The fourth-order valence-electron chi connectivity index (χ4n) is 2.66. The summed E-state index contributed by atoms with van der Waals surface area (Å²) in [5, 5.41) is 11.3. The van der Waals surface area contributed by atoms with Crippen molar-refractivity contribution in [1.82, 2.24) is 15.2 Å². The van der Waals surface area contributed by atoms with Gasteiger partial charge >= 0.3 is 0 Å². The number of hydrogen-bond donors (Lipinski definition) is 1. The number of amides is 1. The highest BCUT2D eigenvalue weighted by molar-refractivity contribution is 8.00. The Bertz CT molecular complexity index is 942. The molecule has 0 saturated heterocycles. The summed E-state index contributed by atoms with van der Waals surface area (Å²) in [6.45, 7) is 7.91. The van der Waals surface area contributed by atoms with Crippen LogP contribution in [0, 0.1) is 0 Å².